The lowest BCUT2D eigenvalue weighted by Gasteiger charge is -2.07. The highest BCUT2D eigenvalue weighted by molar-refractivity contribution is 7.91. The number of pyridine rings is 1. The van der Waals surface area contributed by atoms with Gasteiger partial charge < -0.3 is 5.32 Å². The lowest BCUT2D eigenvalue weighted by atomic mass is 10.2. The summed E-state index contributed by atoms with van der Waals surface area (Å²) in [5.74, 6) is 0.126. The smallest absolute Gasteiger partial charge is 0.178 e. The molecule has 0 spiro atoms. The van der Waals surface area contributed by atoms with E-state index in [-0.39, 0.29) is 5.75 Å². The third-order valence-corrected chi connectivity index (χ3v) is 4.81. The van der Waals surface area contributed by atoms with E-state index in [0.29, 0.717) is 4.90 Å². The Morgan fingerprint density at radius 1 is 1.15 bits per heavy atom. The molecule has 1 aromatic heterocycles. The van der Waals surface area contributed by atoms with E-state index in [4.69, 9.17) is 0 Å². The highest BCUT2D eigenvalue weighted by Crippen LogP contribution is 2.15. The van der Waals surface area contributed by atoms with Gasteiger partial charge in [0.2, 0.25) is 0 Å². The van der Waals surface area contributed by atoms with Crippen molar-refractivity contribution < 1.29 is 8.42 Å². The van der Waals surface area contributed by atoms with Gasteiger partial charge in [0.15, 0.2) is 9.84 Å². The van der Waals surface area contributed by atoms with Crippen LogP contribution in [0.2, 0.25) is 0 Å². The van der Waals surface area contributed by atoms with Crippen LogP contribution in [0.5, 0.6) is 0 Å². The van der Waals surface area contributed by atoms with E-state index < -0.39 is 9.84 Å². The maximum absolute atomic E-state index is 11.7. The molecule has 5 heteroatoms. The number of aromatic nitrogens is 1. The van der Waals surface area contributed by atoms with Gasteiger partial charge in [-0.1, -0.05) is 13.0 Å². The first-order valence-electron chi connectivity index (χ1n) is 6.57. The summed E-state index contributed by atoms with van der Waals surface area (Å²) < 4.78 is 23.4. The van der Waals surface area contributed by atoms with E-state index in [9.17, 15) is 8.42 Å². The number of benzene rings is 1. The third kappa shape index (κ3) is 3.81. The molecule has 0 radical (unpaired) electrons. The number of nitrogens with one attached hydrogen (secondary N) is 1. The van der Waals surface area contributed by atoms with Crippen molar-refractivity contribution in [2.24, 2.45) is 0 Å². The molecule has 0 aliphatic rings. The van der Waals surface area contributed by atoms with Gasteiger partial charge in [-0.05, 0) is 42.3 Å². The summed E-state index contributed by atoms with van der Waals surface area (Å²) in [6.07, 6.45) is 4.48. The van der Waals surface area contributed by atoms with Gasteiger partial charge in [-0.15, -0.1) is 0 Å². The minimum absolute atomic E-state index is 0.126. The van der Waals surface area contributed by atoms with Crippen LogP contribution in [0.25, 0.3) is 0 Å². The minimum atomic E-state index is -3.11. The van der Waals surface area contributed by atoms with E-state index in [1.165, 1.54) is 5.56 Å². The molecule has 0 aliphatic heterocycles. The summed E-state index contributed by atoms with van der Waals surface area (Å²) in [5.41, 5.74) is 2.09. The van der Waals surface area contributed by atoms with E-state index in [2.05, 4.69) is 10.3 Å². The fourth-order valence-corrected chi connectivity index (χ4v) is 2.73. The summed E-state index contributed by atoms with van der Waals surface area (Å²) in [5, 5.41) is 3.27. The lowest BCUT2D eigenvalue weighted by molar-refractivity contribution is 0.597. The Balaban J connectivity index is 1.92. The summed E-state index contributed by atoms with van der Waals surface area (Å²) in [7, 11) is -3.11. The van der Waals surface area contributed by atoms with Gasteiger partial charge in [-0.25, -0.2) is 8.42 Å². The number of hydrogen-bond donors (Lipinski definition) is 1. The largest absolute Gasteiger partial charge is 0.385 e. The van der Waals surface area contributed by atoms with Gasteiger partial charge in [0.05, 0.1) is 10.6 Å². The average Bonchev–Trinajstić information content (AvgIpc) is 2.49. The predicted octanol–water partition coefficient (Wildman–Crippen LogP) is 2.53. The van der Waals surface area contributed by atoms with Gasteiger partial charge in [0, 0.05) is 24.6 Å². The summed E-state index contributed by atoms with van der Waals surface area (Å²) >= 11 is 0. The van der Waals surface area contributed by atoms with Crippen LogP contribution in [0.4, 0.5) is 5.69 Å². The Kier molecular flexibility index (Phi) is 4.74. The Hall–Kier alpha value is -1.88. The molecular formula is C15H18N2O2S. The van der Waals surface area contributed by atoms with Crippen molar-refractivity contribution in [2.75, 3.05) is 17.6 Å². The highest BCUT2D eigenvalue weighted by atomic mass is 32.2. The zero-order valence-corrected chi connectivity index (χ0v) is 12.2. The molecular weight excluding hydrogens is 272 g/mol. The van der Waals surface area contributed by atoms with E-state index in [1.54, 1.807) is 37.4 Å². The molecule has 0 bridgehead atoms. The van der Waals surface area contributed by atoms with Gasteiger partial charge in [0.1, 0.15) is 0 Å². The Morgan fingerprint density at radius 2 is 1.90 bits per heavy atom. The van der Waals surface area contributed by atoms with Crippen LogP contribution < -0.4 is 5.32 Å². The lowest BCUT2D eigenvalue weighted by Crippen LogP contribution is -2.06. The van der Waals surface area contributed by atoms with Crippen LogP contribution in [0.1, 0.15) is 12.5 Å². The van der Waals surface area contributed by atoms with Gasteiger partial charge >= 0.3 is 0 Å². The van der Waals surface area contributed by atoms with E-state index in [1.807, 2.05) is 18.3 Å². The van der Waals surface area contributed by atoms with Crippen molar-refractivity contribution in [1.82, 2.24) is 4.98 Å². The van der Waals surface area contributed by atoms with Crippen LogP contribution in [0.3, 0.4) is 0 Å². The molecule has 0 saturated heterocycles. The average molecular weight is 290 g/mol. The highest BCUT2D eigenvalue weighted by Gasteiger charge is 2.10. The van der Waals surface area contributed by atoms with Crippen LogP contribution in [-0.2, 0) is 16.3 Å². The monoisotopic (exact) mass is 290 g/mol. The van der Waals surface area contributed by atoms with Crippen LogP contribution in [0, 0.1) is 0 Å². The standard InChI is InChI=1S/C15H18N2O2S/c1-2-20(18,19)15-7-5-14(6-8-15)17-11-9-13-4-3-10-16-12-13/h3-8,10,12,17H,2,9,11H2,1H3. The number of nitrogens with zero attached hydrogens (tertiary/aromatic N) is 1. The van der Waals surface area contributed by atoms with Crippen LogP contribution >= 0.6 is 0 Å². The van der Waals surface area contributed by atoms with E-state index >= 15 is 0 Å². The molecule has 0 saturated carbocycles. The van der Waals surface area contributed by atoms with E-state index in [0.717, 1.165) is 18.7 Å². The summed E-state index contributed by atoms with van der Waals surface area (Å²) in [6, 6.07) is 10.8. The fourth-order valence-electron chi connectivity index (χ4n) is 1.84. The second-order valence-electron chi connectivity index (χ2n) is 4.47. The number of rotatable bonds is 6. The summed E-state index contributed by atoms with van der Waals surface area (Å²) in [6.45, 7) is 2.43. The van der Waals surface area contributed by atoms with Crippen LogP contribution in [0.15, 0.2) is 53.7 Å². The van der Waals surface area contributed by atoms with Crippen molar-refractivity contribution in [1.29, 1.82) is 0 Å². The SMILES string of the molecule is CCS(=O)(=O)c1ccc(NCCc2cccnc2)cc1. The topological polar surface area (TPSA) is 59.1 Å². The fraction of sp³-hybridized carbons (Fsp3) is 0.267. The van der Waals surface area contributed by atoms with Crippen LogP contribution in [-0.4, -0.2) is 25.7 Å². The first kappa shape index (κ1) is 14.5. The second-order valence-corrected chi connectivity index (χ2v) is 6.74. The number of hydrogen-bond acceptors (Lipinski definition) is 4. The maximum atomic E-state index is 11.7. The Morgan fingerprint density at radius 3 is 2.50 bits per heavy atom. The molecule has 2 aromatic rings. The molecule has 0 unspecified atom stereocenters. The molecule has 2 rings (SSSR count). The van der Waals surface area contributed by atoms with Crippen molar-refractivity contribution in [2.45, 2.75) is 18.2 Å². The first-order valence-corrected chi connectivity index (χ1v) is 8.22. The molecule has 1 heterocycles. The first-order chi connectivity index (χ1) is 9.62. The molecule has 20 heavy (non-hydrogen) atoms. The molecule has 0 aliphatic carbocycles. The maximum Gasteiger partial charge on any atom is 0.178 e. The second kappa shape index (κ2) is 6.52. The Bertz CT molecular complexity index is 637. The zero-order valence-electron chi connectivity index (χ0n) is 11.4. The van der Waals surface area contributed by atoms with Crippen molar-refractivity contribution >= 4 is 15.5 Å². The third-order valence-electron chi connectivity index (χ3n) is 3.06. The number of sulfone groups is 1. The Labute approximate surface area is 119 Å². The molecule has 0 amide bonds. The molecule has 106 valence electrons. The quantitative estimate of drug-likeness (QED) is 0.888. The number of anilines is 1. The van der Waals surface area contributed by atoms with Crippen molar-refractivity contribution in [3.63, 3.8) is 0 Å². The normalized spacial score (nSPS) is 11.2. The summed E-state index contributed by atoms with van der Waals surface area (Å²) in [4.78, 5) is 4.44. The molecule has 0 atom stereocenters. The molecule has 4 nitrogen and oxygen atoms in total. The molecule has 1 aromatic carbocycles. The van der Waals surface area contributed by atoms with Crippen molar-refractivity contribution in [3.8, 4) is 0 Å². The predicted molar refractivity (Wildman–Crippen MR) is 80.6 cm³/mol. The molecule has 0 fully saturated rings. The van der Waals surface area contributed by atoms with Gasteiger partial charge in [-0.2, -0.15) is 0 Å². The minimum Gasteiger partial charge on any atom is -0.385 e. The molecule has 1 N–H and O–H groups in total. The van der Waals surface area contributed by atoms with Gasteiger partial charge in [-0.3, -0.25) is 4.98 Å². The zero-order chi connectivity index (χ0) is 14.4. The van der Waals surface area contributed by atoms with Crippen molar-refractivity contribution in [3.05, 3.63) is 54.4 Å². The van der Waals surface area contributed by atoms with Gasteiger partial charge in [0.25, 0.3) is 0 Å².